The Balaban J connectivity index is 1.45. The number of anilines is 2. The maximum atomic E-state index is 17.5. The van der Waals surface area contributed by atoms with E-state index in [9.17, 15) is 9.90 Å². The molecule has 9 nitrogen and oxygen atoms in total. The molecule has 1 N–H and O–H groups in total. The van der Waals surface area contributed by atoms with Crippen molar-refractivity contribution < 1.29 is 36.9 Å². The minimum absolute atomic E-state index is 0.0559. The van der Waals surface area contributed by atoms with Gasteiger partial charge in [-0.2, -0.15) is 13.2 Å². The number of methoxy groups -OCH3 is 2. The average molecular weight is 768 g/mol. The quantitative estimate of drug-likeness (QED) is 0.0969. The van der Waals surface area contributed by atoms with E-state index in [1.54, 1.807) is 43.4 Å². The van der Waals surface area contributed by atoms with Gasteiger partial charge in [0.25, 0.3) is 0 Å². The number of ether oxygens (including phenoxy) is 2. The Kier molecular flexibility index (Phi) is 11.5. The molecule has 1 aromatic heterocycles. The molecule has 288 valence electrons. The molecule has 1 amide bonds. The zero-order valence-corrected chi connectivity index (χ0v) is 32.0. The van der Waals surface area contributed by atoms with Crippen molar-refractivity contribution in [3.8, 4) is 11.5 Å². The van der Waals surface area contributed by atoms with Crippen molar-refractivity contribution in [2.45, 2.75) is 70.0 Å². The van der Waals surface area contributed by atoms with Gasteiger partial charge in [0.15, 0.2) is 11.0 Å². The van der Waals surface area contributed by atoms with E-state index in [0.29, 0.717) is 47.7 Å². The van der Waals surface area contributed by atoms with Gasteiger partial charge in [-0.1, -0.05) is 43.0 Å². The number of carbonyl (C=O) groups is 1. The highest BCUT2D eigenvalue weighted by molar-refractivity contribution is 7.98. The monoisotopic (exact) mass is 767 g/mol. The zero-order chi connectivity index (χ0) is 38.9. The predicted octanol–water partition coefficient (Wildman–Crippen LogP) is 8.60. The highest BCUT2D eigenvalue weighted by Gasteiger charge is 2.44. The Morgan fingerprint density at radius 1 is 0.963 bits per heavy atom. The van der Waals surface area contributed by atoms with E-state index in [-0.39, 0.29) is 48.9 Å². The molecule has 0 saturated carbocycles. The Bertz CT molecular complexity index is 1930. The van der Waals surface area contributed by atoms with Gasteiger partial charge >= 0.3 is 12.3 Å². The van der Waals surface area contributed by atoms with Crippen molar-refractivity contribution in [1.82, 2.24) is 14.9 Å². The summed E-state index contributed by atoms with van der Waals surface area (Å²) in [6.07, 6.45) is -3.55. The third-order valence-electron chi connectivity index (χ3n) is 10.6. The van der Waals surface area contributed by atoms with E-state index in [4.69, 9.17) is 19.4 Å². The normalized spacial score (nSPS) is 18.7. The molecule has 3 atom stereocenters. The molecule has 1 fully saturated rings. The van der Waals surface area contributed by atoms with Crippen molar-refractivity contribution in [3.63, 3.8) is 0 Å². The number of halogens is 4. The van der Waals surface area contributed by atoms with E-state index in [0.717, 1.165) is 16.7 Å². The Hall–Kier alpha value is -4.72. The van der Waals surface area contributed by atoms with Gasteiger partial charge in [-0.25, -0.2) is 19.2 Å². The number of alkyl halides is 3. The standard InChI is InChI=1S/C40H45F4N5O4S/c1-23-17-31-32(45-38(54-6)46-37(31)49-16-15-47(39(50)51)20-25(49)3)19-30(23)34-35(40(42,43)44)24(2)18-33(36(34)41)48(21-26-7-11-28(52-4)12-8-26)22-27-9-13-29(53-5)14-10-27/h7-14,18,23,25,30H,15-17,19-22H2,1-6H3,(H,50,51)/t23-,25+,30-/m1/s1. The SMILES string of the molecule is COc1ccc(CN(Cc2ccc(OC)cc2)c2cc(C)c(C(F)(F)F)c([C@@H]3Cc4nc(SC)nc(N5CCN(C(=O)O)C[C@@H]5C)c4C[C@H]3C)c2F)cc1. The fourth-order valence-corrected chi connectivity index (χ4v) is 8.17. The fourth-order valence-electron chi connectivity index (χ4n) is 7.79. The van der Waals surface area contributed by atoms with Crippen LogP contribution in [0.15, 0.2) is 59.8 Å². The first-order chi connectivity index (χ1) is 25.7. The number of nitrogens with zero attached hydrogens (tertiary/aromatic N) is 5. The van der Waals surface area contributed by atoms with Gasteiger partial charge in [0.2, 0.25) is 0 Å². The molecular weight excluding hydrogens is 723 g/mol. The molecule has 2 aliphatic rings. The summed E-state index contributed by atoms with van der Waals surface area (Å²) in [7, 11) is 3.13. The number of hydrogen-bond acceptors (Lipinski definition) is 8. The summed E-state index contributed by atoms with van der Waals surface area (Å²) < 4.78 is 73.4. The topological polar surface area (TPSA) is 91.3 Å². The second-order valence-corrected chi connectivity index (χ2v) is 14.9. The van der Waals surface area contributed by atoms with Crippen LogP contribution in [0.4, 0.5) is 33.9 Å². The van der Waals surface area contributed by atoms with Crippen LogP contribution in [0, 0.1) is 18.7 Å². The molecule has 0 unspecified atom stereocenters. The molecular formula is C40H45F4N5O4S. The maximum absolute atomic E-state index is 17.5. The Labute approximate surface area is 317 Å². The lowest BCUT2D eigenvalue weighted by Crippen LogP contribution is -2.54. The van der Waals surface area contributed by atoms with Gasteiger partial charge in [0, 0.05) is 49.9 Å². The number of aromatic nitrogens is 2. The second-order valence-electron chi connectivity index (χ2n) is 14.1. The molecule has 14 heteroatoms. The van der Waals surface area contributed by atoms with Crippen molar-refractivity contribution in [3.05, 3.63) is 99.5 Å². The summed E-state index contributed by atoms with van der Waals surface area (Å²) in [4.78, 5) is 26.5. The van der Waals surface area contributed by atoms with Crippen LogP contribution in [0.2, 0.25) is 0 Å². The minimum atomic E-state index is -4.81. The van der Waals surface area contributed by atoms with Crippen LogP contribution >= 0.6 is 11.8 Å². The highest BCUT2D eigenvalue weighted by atomic mass is 32.2. The lowest BCUT2D eigenvalue weighted by molar-refractivity contribution is -0.139. The van der Waals surface area contributed by atoms with Crippen molar-refractivity contribution >= 4 is 29.4 Å². The summed E-state index contributed by atoms with van der Waals surface area (Å²) >= 11 is 1.32. The summed E-state index contributed by atoms with van der Waals surface area (Å²) in [6.45, 7) is 6.63. The lowest BCUT2D eigenvalue weighted by atomic mass is 9.73. The highest BCUT2D eigenvalue weighted by Crippen LogP contribution is 2.48. The maximum Gasteiger partial charge on any atom is 0.417 e. The number of thioether (sulfide) groups is 1. The predicted molar refractivity (Wildman–Crippen MR) is 202 cm³/mol. The first-order valence-electron chi connectivity index (χ1n) is 17.8. The third kappa shape index (κ3) is 8.03. The van der Waals surface area contributed by atoms with Crippen LogP contribution in [0.3, 0.4) is 0 Å². The molecule has 1 aliphatic heterocycles. The molecule has 1 aliphatic carbocycles. The number of piperazine rings is 1. The van der Waals surface area contributed by atoms with Crippen LogP contribution in [-0.4, -0.2) is 72.2 Å². The van der Waals surface area contributed by atoms with Crippen molar-refractivity contribution in [2.24, 2.45) is 5.92 Å². The van der Waals surface area contributed by atoms with Crippen LogP contribution < -0.4 is 19.3 Å². The van der Waals surface area contributed by atoms with E-state index in [2.05, 4.69) is 4.90 Å². The van der Waals surface area contributed by atoms with Crippen LogP contribution in [0.25, 0.3) is 0 Å². The molecule has 6 rings (SSSR count). The van der Waals surface area contributed by atoms with E-state index in [1.807, 2.05) is 44.4 Å². The molecule has 0 spiro atoms. The molecule has 54 heavy (non-hydrogen) atoms. The minimum Gasteiger partial charge on any atom is -0.497 e. The zero-order valence-electron chi connectivity index (χ0n) is 31.2. The van der Waals surface area contributed by atoms with E-state index in [1.165, 1.54) is 29.7 Å². The van der Waals surface area contributed by atoms with E-state index >= 15 is 17.6 Å². The van der Waals surface area contributed by atoms with Gasteiger partial charge < -0.3 is 29.3 Å². The number of benzene rings is 3. The van der Waals surface area contributed by atoms with Crippen LogP contribution in [0.5, 0.6) is 11.5 Å². The molecule has 4 aromatic rings. The van der Waals surface area contributed by atoms with Crippen molar-refractivity contribution in [2.75, 3.05) is 49.9 Å². The lowest BCUT2D eigenvalue weighted by Gasteiger charge is -2.42. The summed E-state index contributed by atoms with van der Waals surface area (Å²) in [5.74, 6) is -0.168. The number of amides is 1. The number of hydrogen-bond donors (Lipinski definition) is 1. The molecule has 1 saturated heterocycles. The first-order valence-corrected chi connectivity index (χ1v) is 19.0. The van der Waals surface area contributed by atoms with Gasteiger partial charge in [-0.15, -0.1) is 0 Å². The largest absolute Gasteiger partial charge is 0.497 e. The third-order valence-corrected chi connectivity index (χ3v) is 11.1. The first kappa shape index (κ1) is 39.0. The van der Waals surface area contributed by atoms with Crippen LogP contribution in [0.1, 0.15) is 58.8 Å². The summed E-state index contributed by atoms with van der Waals surface area (Å²) in [6, 6.07) is 15.8. The average Bonchev–Trinajstić information content (AvgIpc) is 3.14. The number of rotatable bonds is 10. The van der Waals surface area contributed by atoms with Crippen molar-refractivity contribution in [1.29, 1.82) is 0 Å². The molecule has 3 aromatic carbocycles. The second kappa shape index (κ2) is 15.9. The van der Waals surface area contributed by atoms with Gasteiger partial charge in [-0.05, 0) is 91.8 Å². The van der Waals surface area contributed by atoms with Gasteiger partial charge in [0.1, 0.15) is 17.3 Å². The summed E-state index contributed by atoms with van der Waals surface area (Å²) in [5.41, 5.74) is 1.79. The molecule has 0 radical (unpaired) electrons. The van der Waals surface area contributed by atoms with Crippen LogP contribution in [-0.2, 0) is 32.1 Å². The van der Waals surface area contributed by atoms with E-state index < -0.39 is 35.5 Å². The van der Waals surface area contributed by atoms with Gasteiger partial charge in [0.05, 0.1) is 31.2 Å². The smallest absolute Gasteiger partial charge is 0.417 e. The Morgan fingerprint density at radius 3 is 2.06 bits per heavy atom. The number of carboxylic acid groups (broad SMARTS) is 1. The Morgan fingerprint density at radius 2 is 1.56 bits per heavy atom. The molecule has 2 heterocycles. The number of fused-ring (bicyclic) bond motifs is 1. The number of aryl methyl sites for hydroxylation is 1. The fraction of sp³-hybridized carbons (Fsp3) is 0.425. The summed E-state index contributed by atoms with van der Waals surface area (Å²) in [5, 5.41) is 10.0. The van der Waals surface area contributed by atoms with Gasteiger partial charge in [-0.3, -0.25) is 0 Å². The molecule has 0 bridgehead atoms.